The van der Waals surface area contributed by atoms with Gasteiger partial charge in [-0.3, -0.25) is 4.99 Å². The summed E-state index contributed by atoms with van der Waals surface area (Å²) in [5, 5.41) is 9.14. The predicted molar refractivity (Wildman–Crippen MR) is 104 cm³/mol. The normalized spacial score (nSPS) is 12.6. The first-order valence-corrected chi connectivity index (χ1v) is 8.86. The molecule has 6 nitrogen and oxygen atoms in total. The van der Waals surface area contributed by atoms with Crippen LogP contribution in [-0.4, -0.2) is 42.6 Å². The largest absolute Gasteiger partial charge is 0.433 e. The van der Waals surface area contributed by atoms with Crippen LogP contribution in [0.3, 0.4) is 0 Å². The van der Waals surface area contributed by atoms with Crippen molar-refractivity contribution in [2.75, 3.05) is 32.0 Å². The highest BCUT2D eigenvalue weighted by molar-refractivity contribution is 5.79. The molecule has 1 aromatic carbocycles. The van der Waals surface area contributed by atoms with Crippen LogP contribution >= 0.6 is 0 Å². The van der Waals surface area contributed by atoms with Crippen LogP contribution in [0.1, 0.15) is 25.1 Å². The Kier molecular flexibility index (Phi) is 7.19. The fraction of sp³-hybridized carbons (Fsp3) is 0.421. The van der Waals surface area contributed by atoms with Gasteiger partial charge in [0.1, 0.15) is 5.69 Å². The SMILES string of the molecule is CN=C(NCCNc1nccc(C(F)(F)F)n1)NCC(C)(C)c1ccccc1. The van der Waals surface area contributed by atoms with Crippen molar-refractivity contribution >= 4 is 11.9 Å². The second-order valence-electron chi connectivity index (χ2n) is 6.79. The van der Waals surface area contributed by atoms with Crippen molar-refractivity contribution in [3.8, 4) is 0 Å². The van der Waals surface area contributed by atoms with Crippen LogP contribution in [0.4, 0.5) is 19.1 Å². The summed E-state index contributed by atoms with van der Waals surface area (Å²) in [5.74, 6) is 0.542. The third-order valence-electron chi connectivity index (χ3n) is 4.12. The maximum absolute atomic E-state index is 12.7. The summed E-state index contributed by atoms with van der Waals surface area (Å²) < 4.78 is 38.0. The molecule has 0 radical (unpaired) electrons. The summed E-state index contributed by atoms with van der Waals surface area (Å²) in [4.78, 5) is 11.4. The minimum absolute atomic E-state index is 0.0650. The molecular weight excluding hydrogens is 369 g/mol. The van der Waals surface area contributed by atoms with Crippen LogP contribution in [-0.2, 0) is 11.6 Å². The molecule has 0 aliphatic heterocycles. The zero-order valence-corrected chi connectivity index (χ0v) is 16.1. The Balaban J connectivity index is 1.79. The maximum atomic E-state index is 12.7. The molecule has 0 atom stereocenters. The summed E-state index contributed by atoms with van der Waals surface area (Å²) in [6.45, 7) is 5.71. The lowest BCUT2D eigenvalue weighted by Gasteiger charge is -2.26. The molecule has 0 fully saturated rings. The van der Waals surface area contributed by atoms with Gasteiger partial charge >= 0.3 is 6.18 Å². The fourth-order valence-electron chi connectivity index (χ4n) is 2.47. The number of benzene rings is 1. The van der Waals surface area contributed by atoms with Crippen molar-refractivity contribution in [2.45, 2.75) is 25.4 Å². The molecule has 0 unspecified atom stereocenters. The van der Waals surface area contributed by atoms with Gasteiger partial charge in [0.05, 0.1) is 0 Å². The van der Waals surface area contributed by atoms with E-state index >= 15 is 0 Å². The smallest absolute Gasteiger partial charge is 0.356 e. The molecule has 0 spiro atoms. The van der Waals surface area contributed by atoms with E-state index in [9.17, 15) is 13.2 Å². The van der Waals surface area contributed by atoms with E-state index in [0.29, 0.717) is 25.6 Å². The van der Waals surface area contributed by atoms with E-state index in [2.05, 4.69) is 56.9 Å². The minimum atomic E-state index is -4.49. The van der Waals surface area contributed by atoms with Gasteiger partial charge in [-0.25, -0.2) is 9.97 Å². The number of nitrogens with one attached hydrogen (secondary N) is 3. The van der Waals surface area contributed by atoms with Gasteiger partial charge in [0, 0.05) is 38.3 Å². The predicted octanol–water partition coefficient (Wildman–Crippen LogP) is 3.05. The topological polar surface area (TPSA) is 74.2 Å². The second-order valence-corrected chi connectivity index (χ2v) is 6.79. The molecule has 28 heavy (non-hydrogen) atoms. The molecule has 3 N–H and O–H groups in total. The molecule has 1 heterocycles. The van der Waals surface area contributed by atoms with Gasteiger partial charge in [0.25, 0.3) is 0 Å². The molecule has 0 amide bonds. The molecule has 2 rings (SSSR count). The minimum Gasteiger partial charge on any atom is -0.356 e. The van der Waals surface area contributed by atoms with Crippen LogP contribution in [0.15, 0.2) is 47.6 Å². The molecule has 1 aromatic heterocycles. The van der Waals surface area contributed by atoms with Crippen LogP contribution in [0.5, 0.6) is 0 Å². The van der Waals surface area contributed by atoms with Crippen LogP contribution in [0.2, 0.25) is 0 Å². The second kappa shape index (κ2) is 9.38. The third kappa shape index (κ3) is 6.40. The molecular formula is C19H25F3N6. The lowest BCUT2D eigenvalue weighted by molar-refractivity contribution is -0.141. The summed E-state index contributed by atoms with van der Waals surface area (Å²) in [5.41, 5.74) is 0.142. The van der Waals surface area contributed by atoms with Crippen molar-refractivity contribution in [3.63, 3.8) is 0 Å². The summed E-state index contributed by atoms with van der Waals surface area (Å²) in [6.07, 6.45) is -3.41. The standard InChI is InChI=1S/C19H25F3N6/c1-18(2,14-7-5-4-6-8-14)13-27-16(23-3)25-11-12-26-17-24-10-9-15(28-17)19(20,21)22/h4-10H,11-13H2,1-3H3,(H2,23,25,27)(H,24,26,28). The number of rotatable bonds is 7. The number of halogens is 3. The average molecular weight is 394 g/mol. The van der Waals surface area contributed by atoms with Gasteiger partial charge in [-0.15, -0.1) is 0 Å². The summed E-state index contributed by atoms with van der Waals surface area (Å²) in [6, 6.07) is 11.0. The lowest BCUT2D eigenvalue weighted by atomic mass is 9.85. The number of aromatic nitrogens is 2. The number of guanidine groups is 1. The van der Waals surface area contributed by atoms with Crippen LogP contribution in [0.25, 0.3) is 0 Å². The Morgan fingerprint density at radius 2 is 1.75 bits per heavy atom. The number of anilines is 1. The fourth-order valence-corrected chi connectivity index (χ4v) is 2.47. The summed E-state index contributed by atoms with van der Waals surface area (Å²) in [7, 11) is 1.66. The van der Waals surface area contributed by atoms with E-state index < -0.39 is 11.9 Å². The molecule has 9 heteroatoms. The van der Waals surface area contributed by atoms with Crippen molar-refractivity contribution in [3.05, 3.63) is 53.9 Å². The quantitative estimate of drug-likeness (QED) is 0.382. The molecule has 2 aromatic rings. The number of alkyl halides is 3. The third-order valence-corrected chi connectivity index (χ3v) is 4.12. The molecule has 152 valence electrons. The Hall–Kier alpha value is -2.84. The lowest BCUT2D eigenvalue weighted by Crippen LogP contribution is -2.44. The molecule has 0 saturated heterocycles. The molecule has 0 bridgehead atoms. The number of hydrogen-bond donors (Lipinski definition) is 3. The van der Waals surface area contributed by atoms with Gasteiger partial charge in [-0.1, -0.05) is 44.2 Å². The van der Waals surface area contributed by atoms with E-state index in [1.807, 2.05) is 18.2 Å². The Morgan fingerprint density at radius 3 is 2.39 bits per heavy atom. The first-order valence-electron chi connectivity index (χ1n) is 8.86. The van der Waals surface area contributed by atoms with Gasteiger partial charge in [-0.2, -0.15) is 13.2 Å². The van der Waals surface area contributed by atoms with Crippen molar-refractivity contribution < 1.29 is 13.2 Å². The van der Waals surface area contributed by atoms with Gasteiger partial charge in [-0.05, 0) is 11.6 Å². The van der Waals surface area contributed by atoms with Crippen LogP contribution in [0, 0.1) is 0 Å². The molecule has 0 aliphatic rings. The Labute approximate surface area is 162 Å². The summed E-state index contributed by atoms with van der Waals surface area (Å²) >= 11 is 0. The first-order chi connectivity index (χ1) is 13.2. The Bertz CT molecular complexity index is 775. The van der Waals surface area contributed by atoms with Gasteiger partial charge in [0.2, 0.25) is 5.95 Å². The highest BCUT2D eigenvalue weighted by Crippen LogP contribution is 2.27. The van der Waals surface area contributed by atoms with E-state index in [-0.39, 0.29) is 11.4 Å². The first kappa shape index (κ1) is 21.5. The highest BCUT2D eigenvalue weighted by atomic mass is 19.4. The van der Waals surface area contributed by atoms with E-state index in [0.717, 1.165) is 12.3 Å². The number of hydrogen-bond acceptors (Lipinski definition) is 4. The van der Waals surface area contributed by atoms with Crippen LogP contribution < -0.4 is 16.0 Å². The van der Waals surface area contributed by atoms with Crippen molar-refractivity contribution in [1.82, 2.24) is 20.6 Å². The average Bonchev–Trinajstić information content (AvgIpc) is 2.67. The van der Waals surface area contributed by atoms with Crippen molar-refractivity contribution in [2.24, 2.45) is 4.99 Å². The molecule has 0 aliphatic carbocycles. The monoisotopic (exact) mass is 394 g/mol. The maximum Gasteiger partial charge on any atom is 0.433 e. The van der Waals surface area contributed by atoms with E-state index in [1.165, 1.54) is 5.56 Å². The number of aliphatic imine (C=N–C) groups is 1. The molecule has 0 saturated carbocycles. The van der Waals surface area contributed by atoms with Crippen molar-refractivity contribution in [1.29, 1.82) is 0 Å². The van der Waals surface area contributed by atoms with Gasteiger partial charge < -0.3 is 16.0 Å². The zero-order valence-electron chi connectivity index (χ0n) is 16.1. The van der Waals surface area contributed by atoms with E-state index in [1.54, 1.807) is 7.05 Å². The number of nitrogens with zero attached hydrogens (tertiary/aromatic N) is 3. The highest BCUT2D eigenvalue weighted by Gasteiger charge is 2.32. The Morgan fingerprint density at radius 1 is 1.04 bits per heavy atom. The van der Waals surface area contributed by atoms with E-state index in [4.69, 9.17) is 0 Å². The van der Waals surface area contributed by atoms with Gasteiger partial charge in [0.15, 0.2) is 5.96 Å². The zero-order chi connectivity index (χ0) is 20.6.